The Labute approximate surface area is 134 Å². The van der Waals surface area contributed by atoms with Crippen LogP contribution in [-0.2, 0) is 0 Å². The van der Waals surface area contributed by atoms with Crippen molar-refractivity contribution in [2.24, 2.45) is 0 Å². The summed E-state index contributed by atoms with van der Waals surface area (Å²) in [5.74, 6) is -0.427. The van der Waals surface area contributed by atoms with Crippen LogP contribution >= 0.6 is 0 Å². The molecule has 3 nitrogen and oxygen atoms in total. The minimum atomic E-state index is -0.777. The standard InChI is InChI=1S/C19H17FN2O/c20-19(22-12-11-21-14-22)17(15-7-3-1-4-8-15)13-18(23)16-9-5-2-6-10-16/h1-12,14,18,23H,13H2. The summed E-state index contributed by atoms with van der Waals surface area (Å²) in [5, 5.41) is 10.5. The van der Waals surface area contributed by atoms with E-state index in [0.29, 0.717) is 5.57 Å². The Morgan fingerprint density at radius 1 is 1.04 bits per heavy atom. The lowest BCUT2D eigenvalue weighted by molar-refractivity contribution is 0.184. The molecule has 0 aliphatic heterocycles. The highest BCUT2D eigenvalue weighted by Crippen LogP contribution is 2.32. The SMILES string of the molecule is OC(CC(=C(F)n1ccnc1)c1ccccc1)c1ccccc1. The van der Waals surface area contributed by atoms with E-state index in [1.165, 1.54) is 17.1 Å². The second-order valence-corrected chi connectivity index (χ2v) is 5.24. The lowest BCUT2D eigenvalue weighted by Crippen LogP contribution is -2.02. The first-order chi connectivity index (χ1) is 11.3. The average Bonchev–Trinajstić information content (AvgIpc) is 3.15. The van der Waals surface area contributed by atoms with Crippen molar-refractivity contribution in [2.75, 3.05) is 0 Å². The molecule has 116 valence electrons. The van der Waals surface area contributed by atoms with Crippen LogP contribution in [0.3, 0.4) is 0 Å². The summed E-state index contributed by atoms with van der Waals surface area (Å²) in [4.78, 5) is 3.88. The predicted molar refractivity (Wildman–Crippen MR) is 88.9 cm³/mol. The van der Waals surface area contributed by atoms with Crippen LogP contribution in [0.2, 0.25) is 0 Å². The summed E-state index contributed by atoms with van der Waals surface area (Å²) in [7, 11) is 0. The molecule has 1 heterocycles. The molecule has 0 saturated carbocycles. The normalized spacial score (nSPS) is 13.5. The number of aromatic nitrogens is 2. The van der Waals surface area contributed by atoms with E-state index in [-0.39, 0.29) is 6.42 Å². The summed E-state index contributed by atoms with van der Waals surface area (Å²) in [6, 6.07) is 18.5. The maximum Gasteiger partial charge on any atom is 0.202 e. The number of aliphatic hydroxyl groups excluding tert-OH is 1. The smallest absolute Gasteiger partial charge is 0.202 e. The Hall–Kier alpha value is -2.72. The number of hydrogen-bond donors (Lipinski definition) is 1. The number of nitrogens with zero attached hydrogens (tertiary/aromatic N) is 2. The lowest BCUT2D eigenvalue weighted by atomic mass is 9.96. The fraction of sp³-hybridized carbons (Fsp3) is 0.105. The minimum absolute atomic E-state index is 0.179. The number of rotatable bonds is 5. The van der Waals surface area contributed by atoms with Gasteiger partial charge in [0.05, 0.1) is 6.10 Å². The summed E-state index contributed by atoms with van der Waals surface area (Å²) in [5.41, 5.74) is 1.95. The first-order valence-electron chi connectivity index (χ1n) is 7.41. The molecule has 0 bridgehead atoms. The van der Waals surface area contributed by atoms with Gasteiger partial charge in [0.15, 0.2) is 0 Å². The van der Waals surface area contributed by atoms with E-state index in [1.807, 2.05) is 60.7 Å². The number of benzene rings is 2. The van der Waals surface area contributed by atoms with Crippen molar-refractivity contribution < 1.29 is 9.50 Å². The molecule has 0 fully saturated rings. The largest absolute Gasteiger partial charge is 0.388 e. The van der Waals surface area contributed by atoms with E-state index in [9.17, 15) is 9.50 Å². The molecule has 2 aromatic carbocycles. The zero-order valence-electron chi connectivity index (χ0n) is 12.5. The number of imidazole rings is 1. The van der Waals surface area contributed by atoms with Gasteiger partial charge in [0.1, 0.15) is 6.33 Å². The first kappa shape index (κ1) is 15.2. The highest BCUT2D eigenvalue weighted by Gasteiger charge is 2.17. The highest BCUT2D eigenvalue weighted by atomic mass is 19.1. The minimum Gasteiger partial charge on any atom is -0.388 e. The van der Waals surface area contributed by atoms with Gasteiger partial charge in [-0.2, -0.15) is 4.39 Å². The van der Waals surface area contributed by atoms with Crippen LogP contribution in [0.25, 0.3) is 11.5 Å². The van der Waals surface area contributed by atoms with Crippen LogP contribution < -0.4 is 0 Å². The van der Waals surface area contributed by atoms with Gasteiger partial charge >= 0.3 is 0 Å². The Morgan fingerprint density at radius 3 is 2.30 bits per heavy atom. The zero-order valence-corrected chi connectivity index (χ0v) is 12.5. The van der Waals surface area contributed by atoms with E-state index in [1.54, 1.807) is 6.20 Å². The van der Waals surface area contributed by atoms with Crippen molar-refractivity contribution in [3.8, 4) is 0 Å². The van der Waals surface area contributed by atoms with E-state index in [2.05, 4.69) is 4.98 Å². The Bertz CT molecular complexity index is 768. The highest BCUT2D eigenvalue weighted by molar-refractivity contribution is 5.80. The van der Waals surface area contributed by atoms with Crippen molar-refractivity contribution >= 4 is 11.5 Å². The van der Waals surface area contributed by atoms with Gasteiger partial charge < -0.3 is 5.11 Å². The maximum atomic E-state index is 14.9. The Kier molecular flexibility index (Phi) is 4.64. The molecule has 0 radical (unpaired) electrons. The topological polar surface area (TPSA) is 38.0 Å². The molecule has 3 rings (SSSR count). The van der Waals surface area contributed by atoms with Crippen LogP contribution in [0.5, 0.6) is 0 Å². The van der Waals surface area contributed by atoms with E-state index in [4.69, 9.17) is 0 Å². The van der Waals surface area contributed by atoms with Crippen LogP contribution in [0, 0.1) is 0 Å². The van der Waals surface area contributed by atoms with Crippen LogP contribution in [0.15, 0.2) is 79.4 Å². The van der Waals surface area contributed by atoms with Gasteiger partial charge in [0.2, 0.25) is 5.95 Å². The van der Waals surface area contributed by atoms with Gasteiger partial charge in [-0.25, -0.2) is 4.98 Å². The summed E-state index contributed by atoms with van der Waals surface area (Å²) >= 11 is 0. The van der Waals surface area contributed by atoms with Crippen molar-refractivity contribution in [3.05, 3.63) is 90.5 Å². The predicted octanol–water partition coefficient (Wildman–Crippen LogP) is 4.30. The third kappa shape index (κ3) is 3.55. The van der Waals surface area contributed by atoms with E-state index < -0.39 is 12.1 Å². The van der Waals surface area contributed by atoms with Crippen molar-refractivity contribution in [2.45, 2.75) is 12.5 Å². The first-order valence-corrected chi connectivity index (χ1v) is 7.41. The molecule has 1 unspecified atom stereocenters. The van der Waals surface area contributed by atoms with Crippen LogP contribution in [0.4, 0.5) is 4.39 Å². The van der Waals surface area contributed by atoms with Crippen LogP contribution in [0.1, 0.15) is 23.7 Å². The number of halogens is 1. The van der Waals surface area contributed by atoms with Gasteiger partial charge in [-0.05, 0) is 11.1 Å². The van der Waals surface area contributed by atoms with E-state index >= 15 is 0 Å². The number of aliphatic hydroxyl groups is 1. The molecule has 3 aromatic rings. The van der Waals surface area contributed by atoms with Gasteiger partial charge in [-0.3, -0.25) is 4.57 Å². The van der Waals surface area contributed by atoms with E-state index in [0.717, 1.165) is 11.1 Å². The molecule has 1 N–H and O–H groups in total. The van der Waals surface area contributed by atoms with Gasteiger partial charge in [0, 0.05) is 24.4 Å². The molecule has 0 aliphatic rings. The van der Waals surface area contributed by atoms with Crippen molar-refractivity contribution in [1.29, 1.82) is 0 Å². The monoisotopic (exact) mass is 308 g/mol. The summed E-state index contributed by atoms with van der Waals surface area (Å²) < 4.78 is 16.2. The second-order valence-electron chi connectivity index (χ2n) is 5.24. The molecule has 4 heteroatoms. The maximum absolute atomic E-state index is 14.9. The summed E-state index contributed by atoms with van der Waals surface area (Å²) in [6.07, 6.45) is 3.88. The fourth-order valence-electron chi connectivity index (χ4n) is 2.48. The molecular formula is C19H17FN2O. The fourth-order valence-corrected chi connectivity index (χ4v) is 2.48. The van der Waals surface area contributed by atoms with Gasteiger partial charge in [-0.1, -0.05) is 60.7 Å². The van der Waals surface area contributed by atoms with Crippen LogP contribution in [-0.4, -0.2) is 14.7 Å². The molecule has 0 saturated heterocycles. The summed E-state index contributed by atoms with van der Waals surface area (Å²) in [6.45, 7) is 0. The lowest BCUT2D eigenvalue weighted by Gasteiger charge is -2.16. The quantitative estimate of drug-likeness (QED) is 0.763. The molecular weight excluding hydrogens is 291 g/mol. The Balaban J connectivity index is 1.98. The molecule has 0 amide bonds. The third-order valence-electron chi connectivity index (χ3n) is 3.68. The average molecular weight is 308 g/mol. The molecule has 23 heavy (non-hydrogen) atoms. The molecule has 0 spiro atoms. The van der Waals surface area contributed by atoms with Crippen molar-refractivity contribution in [1.82, 2.24) is 9.55 Å². The molecule has 1 atom stereocenters. The van der Waals surface area contributed by atoms with Gasteiger partial charge in [-0.15, -0.1) is 0 Å². The van der Waals surface area contributed by atoms with Crippen molar-refractivity contribution in [3.63, 3.8) is 0 Å². The molecule has 1 aromatic heterocycles. The third-order valence-corrected chi connectivity index (χ3v) is 3.68. The zero-order chi connectivity index (χ0) is 16.1. The molecule has 0 aliphatic carbocycles. The van der Waals surface area contributed by atoms with Gasteiger partial charge in [0.25, 0.3) is 0 Å². The number of hydrogen-bond acceptors (Lipinski definition) is 2. The second kappa shape index (κ2) is 7.03. The Morgan fingerprint density at radius 2 is 1.70 bits per heavy atom.